The third kappa shape index (κ3) is 3.63. The number of aromatic amines is 1. The number of carbonyl (C=O) groups excluding carboxylic acids is 1. The summed E-state index contributed by atoms with van der Waals surface area (Å²) in [6.45, 7) is 0.684. The lowest BCUT2D eigenvalue weighted by atomic mass is 10.1. The number of nitrogens with zero attached hydrogens (tertiary/aromatic N) is 2. The maximum atomic E-state index is 12.7. The molecule has 1 saturated heterocycles. The van der Waals surface area contributed by atoms with Crippen LogP contribution in [0.4, 0.5) is 0 Å². The van der Waals surface area contributed by atoms with Gasteiger partial charge in [0.05, 0.1) is 18.9 Å². The number of fused-ring (bicyclic) bond motifs is 1. The van der Waals surface area contributed by atoms with E-state index in [1.54, 1.807) is 0 Å². The Kier molecular flexibility index (Phi) is 4.85. The summed E-state index contributed by atoms with van der Waals surface area (Å²) in [6, 6.07) is 21.6. The summed E-state index contributed by atoms with van der Waals surface area (Å²) in [5, 5.41) is 2.76. The monoisotopic (exact) mass is 417 g/mol. The third-order valence-corrected chi connectivity index (χ3v) is 5.10. The van der Waals surface area contributed by atoms with Crippen molar-refractivity contribution in [2.24, 2.45) is 0 Å². The number of benzene rings is 2. The van der Waals surface area contributed by atoms with Gasteiger partial charge in [-0.15, -0.1) is 0 Å². The van der Waals surface area contributed by atoms with Gasteiger partial charge in [-0.25, -0.2) is 14.3 Å². The van der Waals surface area contributed by atoms with E-state index in [2.05, 4.69) is 10.1 Å². The molecule has 31 heavy (non-hydrogen) atoms. The third-order valence-electron chi connectivity index (χ3n) is 5.10. The minimum Gasteiger partial charge on any atom is -0.455 e. The Morgan fingerprint density at radius 1 is 1.03 bits per heavy atom. The van der Waals surface area contributed by atoms with Crippen LogP contribution >= 0.6 is 0 Å². The molecule has 1 N–H and O–H groups in total. The standard InChI is InChI=1S/C23H19N3O5/c27-21-14-18(16-7-3-1-4-8-16)24-20-13-19(25-26(20)21)22(28)29-15-23(30-11-12-31-23)17-9-5-2-6-10-17/h1-10,13-14,25H,11-12,15H2. The van der Waals surface area contributed by atoms with Crippen molar-refractivity contribution in [1.82, 2.24) is 14.6 Å². The molecule has 5 rings (SSSR count). The van der Waals surface area contributed by atoms with Gasteiger partial charge in [0.1, 0.15) is 5.69 Å². The highest BCUT2D eigenvalue weighted by molar-refractivity contribution is 5.88. The summed E-state index contributed by atoms with van der Waals surface area (Å²) < 4.78 is 18.3. The Morgan fingerprint density at radius 3 is 2.42 bits per heavy atom. The van der Waals surface area contributed by atoms with Gasteiger partial charge in [-0.05, 0) is 0 Å². The molecule has 0 atom stereocenters. The number of rotatable bonds is 5. The van der Waals surface area contributed by atoms with E-state index < -0.39 is 11.8 Å². The number of ether oxygens (including phenoxy) is 3. The number of H-pyrrole nitrogens is 1. The van der Waals surface area contributed by atoms with Crippen LogP contribution in [0.3, 0.4) is 0 Å². The average molecular weight is 417 g/mol. The maximum Gasteiger partial charge on any atom is 0.356 e. The lowest BCUT2D eigenvalue weighted by Gasteiger charge is -2.27. The largest absolute Gasteiger partial charge is 0.455 e. The molecule has 0 aliphatic carbocycles. The van der Waals surface area contributed by atoms with Crippen molar-refractivity contribution >= 4 is 11.6 Å². The molecule has 0 bridgehead atoms. The molecular formula is C23H19N3O5. The van der Waals surface area contributed by atoms with E-state index in [9.17, 15) is 9.59 Å². The van der Waals surface area contributed by atoms with Crippen LogP contribution in [0.1, 0.15) is 16.1 Å². The van der Waals surface area contributed by atoms with Crippen molar-refractivity contribution in [3.05, 3.63) is 94.4 Å². The van der Waals surface area contributed by atoms with Gasteiger partial charge in [0.2, 0.25) is 5.79 Å². The minimum absolute atomic E-state index is 0.107. The first-order valence-corrected chi connectivity index (χ1v) is 9.83. The summed E-state index contributed by atoms with van der Waals surface area (Å²) in [4.78, 5) is 29.7. The first-order chi connectivity index (χ1) is 15.1. The molecule has 8 nitrogen and oxygen atoms in total. The van der Waals surface area contributed by atoms with Crippen molar-refractivity contribution in [1.29, 1.82) is 0 Å². The fourth-order valence-electron chi connectivity index (χ4n) is 3.57. The zero-order valence-electron chi connectivity index (χ0n) is 16.5. The van der Waals surface area contributed by atoms with Crippen LogP contribution in [0.15, 0.2) is 77.6 Å². The number of hydrogen-bond donors (Lipinski definition) is 1. The van der Waals surface area contributed by atoms with Crippen molar-refractivity contribution in [2.75, 3.05) is 19.8 Å². The second-order valence-corrected chi connectivity index (χ2v) is 7.10. The molecule has 0 spiro atoms. The zero-order valence-corrected chi connectivity index (χ0v) is 16.5. The van der Waals surface area contributed by atoms with Crippen LogP contribution in [0.5, 0.6) is 0 Å². The predicted molar refractivity (Wildman–Crippen MR) is 112 cm³/mol. The molecule has 1 fully saturated rings. The normalized spacial score (nSPS) is 15.2. The van der Waals surface area contributed by atoms with Crippen LogP contribution < -0.4 is 5.56 Å². The minimum atomic E-state index is -1.14. The van der Waals surface area contributed by atoms with Crippen LogP contribution in [-0.2, 0) is 20.0 Å². The molecular weight excluding hydrogens is 398 g/mol. The molecule has 8 heteroatoms. The van der Waals surface area contributed by atoms with Crippen molar-refractivity contribution in [2.45, 2.75) is 5.79 Å². The summed E-state index contributed by atoms with van der Waals surface area (Å²) in [7, 11) is 0. The molecule has 156 valence electrons. The highest BCUT2D eigenvalue weighted by Gasteiger charge is 2.40. The van der Waals surface area contributed by atoms with E-state index in [0.717, 1.165) is 11.1 Å². The number of hydrogen-bond acceptors (Lipinski definition) is 6. The van der Waals surface area contributed by atoms with E-state index >= 15 is 0 Å². The van der Waals surface area contributed by atoms with Crippen LogP contribution in [0.2, 0.25) is 0 Å². The summed E-state index contributed by atoms with van der Waals surface area (Å²) >= 11 is 0. The fraction of sp³-hybridized carbons (Fsp3) is 0.174. The predicted octanol–water partition coefficient (Wildman–Crippen LogP) is 2.75. The number of aromatic nitrogens is 3. The molecule has 4 aromatic rings. The topological polar surface area (TPSA) is 94.9 Å². The molecule has 2 aromatic carbocycles. The van der Waals surface area contributed by atoms with Gasteiger partial charge in [0.15, 0.2) is 12.3 Å². The van der Waals surface area contributed by atoms with Gasteiger partial charge in [0.25, 0.3) is 5.56 Å². The highest BCUT2D eigenvalue weighted by Crippen LogP contribution is 2.32. The molecule has 0 saturated carbocycles. The van der Waals surface area contributed by atoms with Crippen molar-refractivity contribution in [3.63, 3.8) is 0 Å². The van der Waals surface area contributed by atoms with E-state index in [4.69, 9.17) is 14.2 Å². The number of esters is 1. The van der Waals surface area contributed by atoms with E-state index in [-0.39, 0.29) is 17.9 Å². The smallest absolute Gasteiger partial charge is 0.356 e. The summed E-state index contributed by atoms with van der Waals surface area (Å²) in [5.41, 5.74) is 2.21. The number of nitrogens with one attached hydrogen (secondary N) is 1. The fourth-order valence-corrected chi connectivity index (χ4v) is 3.57. The molecule has 1 aliphatic rings. The lowest BCUT2D eigenvalue weighted by molar-refractivity contribution is -0.191. The van der Waals surface area contributed by atoms with Gasteiger partial charge in [-0.1, -0.05) is 60.7 Å². The Bertz CT molecular complexity index is 1280. The first-order valence-electron chi connectivity index (χ1n) is 9.83. The van der Waals surface area contributed by atoms with Crippen molar-refractivity contribution in [3.8, 4) is 11.3 Å². The Hall–Kier alpha value is -3.75. The van der Waals surface area contributed by atoms with Gasteiger partial charge in [-0.3, -0.25) is 9.89 Å². The average Bonchev–Trinajstić information content (AvgIpc) is 3.47. The highest BCUT2D eigenvalue weighted by atomic mass is 16.8. The SMILES string of the molecule is O=C(OCC1(c2ccccc2)OCCO1)c1cc2nc(-c3ccccc3)cc(=O)n2[nH]1. The Balaban J connectivity index is 1.40. The zero-order chi connectivity index (χ0) is 21.3. The number of carbonyl (C=O) groups is 1. The van der Waals surface area contributed by atoms with E-state index in [1.807, 2.05) is 60.7 Å². The van der Waals surface area contributed by atoms with E-state index in [0.29, 0.717) is 24.6 Å². The molecule has 0 amide bonds. The second-order valence-electron chi connectivity index (χ2n) is 7.10. The van der Waals surface area contributed by atoms with Crippen molar-refractivity contribution < 1.29 is 19.0 Å². The summed E-state index contributed by atoms with van der Waals surface area (Å²) in [5.74, 6) is -1.78. The van der Waals surface area contributed by atoms with Gasteiger partial charge >= 0.3 is 5.97 Å². The Morgan fingerprint density at radius 2 is 1.71 bits per heavy atom. The van der Waals surface area contributed by atoms with Gasteiger partial charge in [-0.2, -0.15) is 0 Å². The second kappa shape index (κ2) is 7.82. The molecule has 0 radical (unpaired) electrons. The first kappa shape index (κ1) is 19.2. The molecule has 3 heterocycles. The van der Waals surface area contributed by atoms with Crippen LogP contribution in [0, 0.1) is 0 Å². The molecule has 1 aliphatic heterocycles. The van der Waals surface area contributed by atoms with Crippen LogP contribution in [-0.4, -0.2) is 40.4 Å². The molecule has 2 aromatic heterocycles. The quantitative estimate of drug-likeness (QED) is 0.502. The van der Waals surface area contributed by atoms with Gasteiger partial charge < -0.3 is 14.2 Å². The molecule has 0 unspecified atom stereocenters. The summed E-state index contributed by atoms with van der Waals surface area (Å²) in [6.07, 6.45) is 0. The van der Waals surface area contributed by atoms with Crippen LogP contribution in [0.25, 0.3) is 16.9 Å². The van der Waals surface area contributed by atoms with Gasteiger partial charge in [0, 0.05) is 23.3 Å². The van der Waals surface area contributed by atoms with E-state index in [1.165, 1.54) is 16.6 Å². The Labute approximate surface area is 177 Å². The maximum absolute atomic E-state index is 12.7. The lowest BCUT2D eigenvalue weighted by Crippen LogP contribution is -2.34.